The molecule has 1 aromatic rings. The summed E-state index contributed by atoms with van der Waals surface area (Å²) in [5.74, 6) is 1.06. The standard InChI is InChI=1S/C24H26BrNO4/c1-23(2)7-13-19(15(27)9-23)21(18-12(25)5-6-17-22(18)30-11-29-17)20-14(26-13)8-24(3,4)10-16(20)28/h5-6,21,26H,7-11H2,1-4H3. The molecule has 1 N–H and O–H groups in total. The van der Waals surface area contributed by atoms with Crippen LogP contribution in [-0.4, -0.2) is 18.4 Å². The van der Waals surface area contributed by atoms with Gasteiger partial charge in [0.2, 0.25) is 6.79 Å². The number of Topliss-reactive ketones (excluding diaryl/α,β-unsaturated/α-hetero) is 2. The number of carbonyl (C=O) groups is 2. The molecule has 0 radical (unpaired) electrons. The number of rotatable bonds is 1. The van der Waals surface area contributed by atoms with Crippen LogP contribution in [-0.2, 0) is 9.59 Å². The lowest BCUT2D eigenvalue weighted by Gasteiger charge is -2.44. The Hall–Kier alpha value is -2.08. The highest BCUT2D eigenvalue weighted by atomic mass is 79.9. The molecule has 30 heavy (non-hydrogen) atoms. The van der Waals surface area contributed by atoms with Gasteiger partial charge >= 0.3 is 0 Å². The molecule has 5 rings (SSSR count). The van der Waals surface area contributed by atoms with Crippen molar-refractivity contribution in [2.24, 2.45) is 10.8 Å². The first-order valence-corrected chi connectivity index (χ1v) is 11.2. The quantitative estimate of drug-likeness (QED) is 0.613. The number of hydrogen-bond acceptors (Lipinski definition) is 5. The van der Waals surface area contributed by atoms with Gasteiger partial charge in [-0.3, -0.25) is 9.59 Å². The number of nitrogens with one attached hydrogen (secondary N) is 1. The van der Waals surface area contributed by atoms with Gasteiger partial charge in [0.1, 0.15) is 0 Å². The highest BCUT2D eigenvalue weighted by Gasteiger charge is 2.48. The van der Waals surface area contributed by atoms with Gasteiger partial charge in [0.15, 0.2) is 23.1 Å². The van der Waals surface area contributed by atoms with Gasteiger partial charge in [0.05, 0.1) is 0 Å². The number of benzene rings is 1. The average Bonchev–Trinajstić information content (AvgIpc) is 3.06. The lowest BCUT2D eigenvalue weighted by atomic mass is 9.64. The highest BCUT2D eigenvalue weighted by Crippen LogP contribution is 2.55. The molecule has 0 atom stereocenters. The first-order valence-electron chi connectivity index (χ1n) is 10.4. The van der Waals surface area contributed by atoms with E-state index in [1.807, 2.05) is 12.1 Å². The summed E-state index contributed by atoms with van der Waals surface area (Å²) in [6.45, 7) is 8.64. The van der Waals surface area contributed by atoms with Crippen LogP contribution in [0.5, 0.6) is 11.5 Å². The van der Waals surface area contributed by atoms with E-state index in [1.165, 1.54) is 0 Å². The third kappa shape index (κ3) is 3.03. The second-order valence-electron chi connectivity index (χ2n) is 10.4. The van der Waals surface area contributed by atoms with Crippen molar-refractivity contribution in [2.75, 3.05) is 6.79 Å². The van der Waals surface area contributed by atoms with Crippen LogP contribution in [0.4, 0.5) is 0 Å². The summed E-state index contributed by atoms with van der Waals surface area (Å²) in [6.07, 6.45) is 2.49. The third-order valence-corrected chi connectivity index (χ3v) is 7.22. The maximum atomic E-state index is 13.4. The molecule has 0 amide bonds. The molecular formula is C24H26BrNO4. The van der Waals surface area contributed by atoms with E-state index < -0.39 is 5.92 Å². The van der Waals surface area contributed by atoms with E-state index in [0.717, 1.165) is 34.3 Å². The summed E-state index contributed by atoms with van der Waals surface area (Å²) >= 11 is 3.68. The molecule has 2 aliphatic heterocycles. The number of ether oxygens (including phenoxy) is 2. The molecular weight excluding hydrogens is 446 g/mol. The van der Waals surface area contributed by atoms with Crippen molar-refractivity contribution >= 4 is 27.5 Å². The molecule has 0 bridgehead atoms. The fourth-order valence-corrected chi connectivity index (χ4v) is 5.96. The summed E-state index contributed by atoms with van der Waals surface area (Å²) in [5.41, 5.74) is 3.93. The number of ketones is 2. The minimum Gasteiger partial charge on any atom is -0.454 e. The maximum absolute atomic E-state index is 13.4. The Morgan fingerprint density at radius 2 is 1.47 bits per heavy atom. The zero-order chi connectivity index (χ0) is 21.4. The van der Waals surface area contributed by atoms with E-state index >= 15 is 0 Å². The minimum absolute atomic E-state index is 0.103. The molecule has 2 aliphatic carbocycles. The number of halogens is 1. The van der Waals surface area contributed by atoms with Crippen molar-refractivity contribution in [1.82, 2.24) is 5.32 Å². The van der Waals surface area contributed by atoms with Crippen molar-refractivity contribution in [2.45, 2.75) is 59.3 Å². The van der Waals surface area contributed by atoms with E-state index in [4.69, 9.17) is 9.47 Å². The molecule has 0 spiro atoms. The van der Waals surface area contributed by atoms with Crippen LogP contribution >= 0.6 is 15.9 Å². The molecule has 0 aromatic heterocycles. The maximum Gasteiger partial charge on any atom is 0.231 e. The van der Waals surface area contributed by atoms with Crippen LogP contribution in [0.2, 0.25) is 0 Å². The zero-order valence-electron chi connectivity index (χ0n) is 17.8. The molecule has 2 heterocycles. The monoisotopic (exact) mass is 471 g/mol. The van der Waals surface area contributed by atoms with Crippen molar-refractivity contribution in [1.29, 1.82) is 0 Å². The Balaban J connectivity index is 1.77. The fraction of sp³-hybridized carbons (Fsp3) is 0.500. The molecule has 0 saturated heterocycles. The predicted molar refractivity (Wildman–Crippen MR) is 116 cm³/mol. The number of dihydropyridines is 1. The van der Waals surface area contributed by atoms with Crippen molar-refractivity contribution in [3.8, 4) is 11.5 Å². The number of allylic oxidation sites excluding steroid dienone is 4. The van der Waals surface area contributed by atoms with Crippen molar-refractivity contribution in [3.63, 3.8) is 0 Å². The Morgan fingerprint density at radius 3 is 2.03 bits per heavy atom. The van der Waals surface area contributed by atoms with Crippen LogP contribution in [0, 0.1) is 10.8 Å². The van der Waals surface area contributed by atoms with Crippen molar-refractivity contribution < 1.29 is 19.1 Å². The van der Waals surface area contributed by atoms with E-state index in [2.05, 4.69) is 48.9 Å². The van der Waals surface area contributed by atoms with E-state index in [-0.39, 0.29) is 29.2 Å². The van der Waals surface area contributed by atoms with Crippen LogP contribution in [0.3, 0.4) is 0 Å². The lowest BCUT2D eigenvalue weighted by molar-refractivity contribution is -0.119. The van der Waals surface area contributed by atoms with Crippen LogP contribution < -0.4 is 14.8 Å². The molecule has 0 saturated carbocycles. The van der Waals surface area contributed by atoms with Gasteiger partial charge in [-0.05, 0) is 35.8 Å². The molecule has 158 valence electrons. The predicted octanol–water partition coefficient (Wildman–Crippen LogP) is 5.15. The number of carbonyl (C=O) groups excluding carboxylic acids is 2. The van der Waals surface area contributed by atoms with Gasteiger partial charge in [-0.1, -0.05) is 43.6 Å². The topological polar surface area (TPSA) is 64.6 Å². The first-order chi connectivity index (χ1) is 14.1. The summed E-state index contributed by atoms with van der Waals surface area (Å²) in [6, 6.07) is 3.78. The summed E-state index contributed by atoms with van der Waals surface area (Å²) in [4.78, 5) is 26.9. The average molecular weight is 472 g/mol. The van der Waals surface area contributed by atoms with Gasteiger partial charge in [-0.15, -0.1) is 0 Å². The van der Waals surface area contributed by atoms with Gasteiger partial charge < -0.3 is 14.8 Å². The molecule has 6 heteroatoms. The number of hydrogen-bond donors (Lipinski definition) is 1. The van der Waals surface area contributed by atoms with Gasteiger partial charge in [0.25, 0.3) is 0 Å². The third-order valence-electron chi connectivity index (χ3n) is 6.53. The normalized spacial score (nSPS) is 24.6. The SMILES string of the molecule is CC1(C)CC(=O)C2=C(C1)NC1=C(C(=O)CC(C)(C)C1)C2c1c(Br)ccc2c1OCO2. The van der Waals surface area contributed by atoms with Gasteiger partial charge in [-0.2, -0.15) is 0 Å². The first kappa shape index (κ1) is 19.9. The molecule has 0 fully saturated rings. The summed E-state index contributed by atoms with van der Waals surface area (Å²) in [7, 11) is 0. The summed E-state index contributed by atoms with van der Waals surface area (Å²) < 4.78 is 12.3. The Bertz CT molecular complexity index is 1010. The van der Waals surface area contributed by atoms with Gasteiger partial charge in [0, 0.05) is 51.3 Å². The van der Waals surface area contributed by atoms with E-state index in [0.29, 0.717) is 35.5 Å². The Kier molecular flexibility index (Phi) is 4.27. The van der Waals surface area contributed by atoms with Gasteiger partial charge in [-0.25, -0.2) is 0 Å². The van der Waals surface area contributed by atoms with E-state index in [9.17, 15) is 9.59 Å². The second-order valence-corrected chi connectivity index (χ2v) is 11.3. The van der Waals surface area contributed by atoms with Crippen LogP contribution in [0.1, 0.15) is 64.9 Å². The molecule has 4 aliphatic rings. The largest absolute Gasteiger partial charge is 0.454 e. The molecule has 5 nitrogen and oxygen atoms in total. The van der Waals surface area contributed by atoms with E-state index in [1.54, 1.807) is 0 Å². The fourth-order valence-electron chi connectivity index (χ4n) is 5.42. The minimum atomic E-state index is -0.436. The second kappa shape index (κ2) is 6.46. The Morgan fingerprint density at radius 1 is 0.900 bits per heavy atom. The Labute approximate surface area is 185 Å². The lowest BCUT2D eigenvalue weighted by Crippen LogP contribution is -2.42. The zero-order valence-corrected chi connectivity index (χ0v) is 19.4. The van der Waals surface area contributed by atoms with Crippen LogP contribution in [0.15, 0.2) is 39.1 Å². The van der Waals surface area contributed by atoms with Crippen LogP contribution in [0.25, 0.3) is 0 Å². The molecule has 0 unspecified atom stereocenters. The number of fused-ring (bicyclic) bond motifs is 1. The smallest absolute Gasteiger partial charge is 0.231 e. The van der Waals surface area contributed by atoms with Crippen molar-refractivity contribution in [3.05, 3.63) is 44.7 Å². The summed E-state index contributed by atoms with van der Waals surface area (Å²) in [5, 5.41) is 3.55. The highest BCUT2D eigenvalue weighted by molar-refractivity contribution is 9.10. The molecule has 1 aromatic carbocycles.